The van der Waals surface area contributed by atoms with Crippen LogP contribution in [0.3, 0.4) is 0 Å². The van der Waals surface area contributed by atoms with Crippen LogP contribution in [0.5, 0.6) is 0 Å². The first-order chi connectivity index (χ1) is 8.32. The molecule has 0 heterocycles. The number of ketones is 1. The summed E-state index contributed by atoms with van der Waals surface area (Å²) < 4.78 is 0. The maximum atomic E-state index is 11.8. The molecule has 0 aromatic rings. The summed E-state index contributed by atoms with van der Waals surface area (Å²) in [6.07, 6.45) is 8.07. The Balaban J connectivity index is 2.92. The molecule has 100 valence electrons. The summed E-state index contributed by atoms with van der Waals surface area (Å²) >= 11 is 0. The van der Waals surface area contributed by atoms with Gasteiger partial charge < -0.3 is 5.11 Å². The van der Waals surface area contributed by atoms with Crippen LogP contribution in [0.15, 0.2) is 23.8 Å². The number of carbonyl (C=O) groups is 2. The zero-order valence-electron chi connectivity index (χ0n) is 11.4. The summed E-state index contributed by atoms with van der Waals surface area (Å²) in [6.45, 7) is 5.85. The summed E-state index contributed by atoms with van der Waals surface area (Å²) in [6, 6.07) is 0. The van der Waals surface area contributed by atoms with Gasteiger partial charge >= 0.3 is 5.97 Å². The van der Waals surface area contributed by atoms with Crippen molar-refractivity contribution in [3.63, 3.8) is 0 Å². The van der Waals surface area contributed by atoms with Gasteiger partial charge in [0.05, 0.1) is 5.92 Å². The van der Waals surface area contributed by atoms with Crippen molar-refractivity contribution in [2.75, 3.05) is 0 Å². The molecule has 1 N–H and O–H groups in total. The summed E-state index contributed by atoms with van der Waals surface area (Å²) in [5.41, 5.74) is 0.571. The highest BCUT2D eigenvalue weighted by Gasteiger charge is 2.22. The lowest BCUT2D eigenvalue weighted by Gasteiger charge is -2.22. The Hall–Kier alpha value is -1.38. The number of rotatable bonds is 1. The van der Waals surface area contributed by atoms with Crippen LogP contribution in [-0.2, 0) is 9.59 Å². The molecule has 0 fully saturated rings. The van der Waals surface area contributed by atoms with Crippen LogP contribution < -0.4 is 0 Å². The van der Waals surface area contributed by atoms with Gasteiger partial charge in [-0.2, -0.15) is 0 Å². The van der Waals surface area contributed by atoms with Gasteiger partial charge in [-0.15, -0.1) is 0 Å². The van der Waals surface area contributed by atoms with E-state index in [1.54, 1.807) is 13.0 Å². The van der Waals surface area contributed by atoms with E-state index in [4.69, 9.17) is 5.11 Å². The van der Waals surface area contributed by atoms with Crippen molar-refractivity contribution in [3.05, 3.63) is 23.8 Å². The molecule has 0 radical (unpaired) electrons. The molecule has 1 aliphatic rings. The minimum atomic E-state index is -0.730. The lowest BCUT2D eigenvalue weighted by Crippen LogP contribution is -2.17. The monoisotopic (exact) mass is 250 g/mol. The summed E-state index contributed by atoms with van der Waals surface area (Å²) in [4.78, 5) is 22.9. The van der Waals surface area contributed by atoms with E-state index in [1.807, 2.05) is 26.0 Å². The number of hydrogen-bond acceptors (Lipinski definition) is 2. The van der Waals surface area contributed by atoms with Crippen LogP contribution >= 0.6 is 0 Å². The van der Waals surface area contributed by atoms with Crippen molar-refractivity contribution < 1.29 is 14.7 Å². The van der Waals surface area contributed by atoms with Gasteiger partial charge in [-0.05, 0) is 49.7 Å². The lowest BCUT2D eigenvalue weighted by atomic mass is 9.83. The average molecular weight is 250 g/mol. The number of hydrogen-bond donors (Lipinski definition) is 1. The number of carboxylic acids is 1. The normalized spacial score (nSPS) is 25.2. The number of allylic oxidation sites excluding steroid dienone is 4. The highest BCUT2D eigenvalue weighted by atomic mass is 16.4. The third-order valence-electron chi connectivity index (χ3n) is 3.53. The Kier molecular flexibility index (Phi) is 4.88. The molecule has 18 heavy (non-hydrogen) atoms. The molecule has 1 unspecified atom stereocenters. The Labute approximate surface area is 109 Å². The van der Waals surface area contributed by atoms with Gasteiger partial charge in [0.1, 0.15) is 0 Å². The number of aliphatic carboxylic acids is 1. The molecular weight excluding hydrogens is 228 g/mol. The third kappa shape index (κ3) is 4.47. The second-order valence-electron chi connectivity index (χ2n) is 5.72. The molecule has 0 aromatic carbocycles. The summed E-state index contributed by atoms with van der Waals surface area (Å²) in [7, 11) is 0. The van der Waals surface area contributed by atoms with E-state index in [1.165, 1.54) is 0 Å². The predicted octanol–water partition coefficient (Wildman–Crippen LogP) is 3.36. The number of carboxylic acid groups (broad SMARTS) is 1. The van der Waals surface area contributed by atoms with Crippen LogP contribution in [0.25, 0.3) is 0 Å². The van der Waals surface area contributed by atoms with Crippen molar-refractivity contribution in [1.29, 1.82) is 0 Å². The largest absolute Gasteiger partial charge is 0.481 e. The van der Waals surface area contributed by atoms with Gasteiger partial charge in [-0.1, -0.05) is 26.0 Å². The molecule has 1 aliphatic carbocycles. The van der Waals surface area contributed by atoms with E-state index >= 15 is 0 Å². The Morgan fingerprint density at radius 3 is 2.67 bits per heavy atom. The predicted molar refractivity (Wildman–Crippen MR) is 71.3 cm³/mol. The quantitative estimate of drug-likeness (QED) is 0.776. The highest BCUT2D eigenvalue weighted by Crippen LogP contribution is 2.29. The second-order valence-corrected chi connectivity index (χ2v) is 5.72. The Morgan fingerprint density at radius 1 is 1.39 bits per heavy atom. The average Bonchev–Trinajstić information content (AvgIpc) is 2.30. The summed E-state index contributed by atoms with van der Waals surface area (Å²) in [5.74, 6) is -1.02. The molecule has 0 aromatic heterocycles. The fraction of sp³-hybridized carbons (Fsp3) is 0.600. The molecule has 0 aliphatic heterocycles. The first-order valence-electron chi connectivity index (χ1n) is 6.45. The first kappa shape index (κ1) is 14.7. The van der Waals surface area contributed by atoms with Crippen LogP contribution in [0.4, 0.5) is 0 Å². The van der Waals surface area contributed by atoms with E-state index < -0.39 is 5.97 Å². The second kappa shape index (κ2) is 5.98. The molecule has 3 heteroatoms. The topological polar surface area (TPSA) is 54.4 Å². The van der Waals surface area contributed by atoms with Gasteiger partial charge in [-0.3, -0.25) is 9.59 Å². The Bertz CT molecular complexity index is 389. The smallest absolute Gasteiger partial charge is 0.306 e. The minimum Gasteiger partial charge on any atom is -0.481 e. The van der Waals surface area contributed by atoms with Gasteiger partial charge in [0.25, 0.3) is 0 Å². The maximum absolute atomic E-state index is 11.8. The number of carbonyl (C=O) groups excluding carboxylic acids is 1. The van der Waals surface area contributed by atoms with Gasteiger partial charge in [-0.25, -0.2) is 0 Å². The van der Waals surface area contributed by atoms with E-state index in [0.29, 0.717) is 24.8 Å². The fourth-order valence-corrected chi connectivity index (χ4v) is 2.06. The fourth-order valence-electron chi connectivity index (χ4n) is 2.06. The minimum absolute atomic E-state index is 0.0249. The molecular formula is C15H22O3. The van der Waals surface area contributed by atoms with Crippen molar-refractivity contribution in [2.45, 2.75) is 46.5 Å². The van der Waals surface area contributed by atoms with Crippen molar-refractivity contribution in [2.24, 2.45) is 11.3 Å². The molecule has 0 amide bonds. The molecule has 0 bridgehead atoms. The third-order valence-corrected chi connectivity index (χ3v) is 3.53. The summed E-state index contributed by atoms with van der Waals surface area (Å²) in [5, 5.41) is 9.17. The zero-order valence-corrected chi connectivity index (χ0v) is 11.4. The first-order valence-corrected chi connectivity index (χ1v) is 6.45. The van der Waals surface area contributed by atoms with Crippen molar-refractivity contribution in [3.8, 4) is 0 Å². The SMILES string of the molecule is CC1=CCCC(C(=O)O)CCC(C)(C)C=CC1=O. The molecule has 0 saturated carbocycles. The van der Waals surface area contributed by atoms with E-state index in [9.17, 15) is 9.59 Å². The van der Waals surface area contributed by atoms with E-state index in [0.717, 1.165) is 6.42 Å². The van der Waals surface area contributed by atoms with Crippen LogP contribution in [-0.4, -0.2) is 16.9 Å². The van der Waals surface area contributed by atoms with Crippen molar-refractivity contribution in [1.82, 2.24) is 0 Å². The highest BCUT2D eigenvalue weighted by molar-refractivity contribution is 6.03. The zero-order chi connectivity index (χ0) is 13.8. The molecule has 0 spiro atoms. The van der Waals surface area contributed by atoms with Crippen LogP contribution in [0, 0.1) is 11.3 Å². The van der Waals surface area contributed by atoms with Gasteiger partial charge in [0.2, 0.25) is 0 Å². The van der Waals surface area contributed by atoms with E-state index in [2.05, 4.69) is 0 Å². The van der Waals surface area contributed by atoms with Crippen LogP contribution in [0.1, 0.15) is 46.5 Å². The molecule has 0 saturated heterocycles. The van der Waals surface area contributed by atoms with Crippen molar-refractivity contribution >= 4 is 11.8 Å². The van der Waals surface area contributed by atoms with Crippen LogP contribution in [0.2, 0.25) is 0 Å². The molecule has 1 atom stereocenters. The van der Waals surface area contributed by atoms with E-state index in [-0.39, 0.29) is 17.1 Å². The lowest BCUT2D eigenvalue weighted by molar-refractivity contribution is -0.142. The van der Waals surface area contributed by atoms with Gasteiger partial charge in [0, 0.05) is 0 Å². The maximum Gasteiger partial charge on any atom is 0.306 e. The Morgan fingerprint density at radius 2 is 2.06 bits per heavy atom. The standard InChI is InChI=1S/C15H22O3/c1-11-5-4-6-12(14(17)18)7-9-15(2,3)10-8-13(11)16/h5,8,10,12H,4,6-7,9H2,1-3H3,(H,17,18). The van der Waals surface area contributed by atoms with Gasteiger partial charge in [0.15, 0.2) is 5.78 Å². The molecule has 3 nitrogen and oxygen atoms in total. The molecule has 1 rings (SSSR count).